The van der Waals surface area contributed by atoms with Crippen LogP contribution in [0.3, 0.4) is 0 Å². The largest absolute Gasteiger partial charge is 0.469 e. The second-order valence-electron chi connectivity index (χ2n) is 2.61. The van der Waals surface area contributed by atoms with Crippen molar-refractivity contribution in [2.24, 2.45) is 5.92 Å². The van der Waals surface area contributed by atoms with E-state index in [1.54, 1.807) is 0 Å². The van der Waals surface area contributed by atoms with Crippen molar-refractivity contribution in [1.82, 2.24) is 0 Å². The third-order valence-corrected chi connectivity index (χ3v) is 1.22. The number of rotatable bonds is 2. The number of ether oxygens (including phenoxy) is 1. The minimum Gasteiger partial charge on any atom is -0.469 e. The van der Waals surface area contributed by atoms with Crippen LogP contribution in [0.1, 0.15) is 27.2 Å². The van der Waals surface area contributed by atoms with Crippen LogP contribution in [-0.4, -0.2) is 19.3 Å². The first-order valence-corrected chi connectivity index (χ1v) is 3.86. The molecule has 0 N–H and O–H groups in total. The average Bonchev–Trinajstić information content (AvgIpc) is 1.98. The lowest BCUT2D eigenvalue weighted by Crippen LogP contribution is -2.10. The molecule has 1 atom stereocenters. The first kappa shape index (κ1) is 14.8. The standard InChI is InChI=1S/C6H12O2.C2H3F3/c1-4-5(2)6(7)8-3;1-2(3,4)5/h5H,4H2,1-3H3;1H3. The van der Waals surface area contributed by atoms with Crippen LogP contribution in [0.2, 0.25) is 0 Å². The Morgan fingerprint density at radius 3 is 1.85 bits per heavy atom. The van der Waals surface area contributed by atoms with Gasteiger partial charge >= 0.3 is 12.1 Å². The van der Waals surface area contributed by atoms with Gasteiger partial charge in [-0.1, -0.05) is 13.8 Å². The van der Waals surface area contributed by atoms with Crippen molar-refractivity contribution in [2.45, 2.75) is 33.4 Å². The zero-order valence-electron chi connectivity index (χ0n) is 8.23. The van der Waals surface area contributed by atoms with Crippen molar-refractivity contribution in [3.8, 4) is 0 Å². The van der Waals surface area contributed by atoms with Crippen LogP contribution < -0.4 is 0 Å². The highest BCUT2D eigenvalue weighted by atomic mass is 19.4. The van der Waals surface area contributed by atoms with Gasteiger partial charge in [-0.15, -0.1) is 0 Å². The minimum absolute atomic E-state index is 0.0556. The van der Waals surface area contributed by atoms with Gasteiger partial charge in [0.1, 0.15) is 0 Å². The Hall–Kier alpha value is -0.740. The number of carbonyl (C=O) groups is 1. The molecule has 0 amide bonds. The Balaban J connectivity index is 0. The second-order valence-corrected chi connectivity index (χ2v) is 2.61. The third-order valence-electron chi connectivity index (χ3n) is 1.22. The summed E-state index contributed by atoms with van der Waals surface area (Å²) in [7, 11) is 1.41. The SMILES string of the molecule is CC(F)(F)F.CCC(C)C(=O)OC. The molecule has 0 aliphatic heterocycles. The topological polar surface area (TPSA) is 26.3 Å². The van der Waals surface area contributed by atoms with Crippen molar-refractivity contribution in [2.75, 3.05) is 7.11 Å². The van der Waals surface area contributed by atoms with E-state index in [0.29, 0.717) is 0 Å². The number of halogens is 3. The van der Waals surface area contributed by atoms with Gasteiger partial charge in [-0.25, -0.2) is 0 Å². The van der Waals surface area contributed by atoms with Crippen LogP contribution in [0.4, 0.5) is 13.2 Å². The highest BCUT2D eigenvalue weighted by Crippen LogP contribution is 2.10. The van der Waals surface area contributed by atoms with Crippen molar-refractivity contribution in [3.05, 3.63) is 0 Å². The lowest BCUT2D eigenvalue weighted by atomic mass is 10.1. The van der Waals surface area contributed by atoms with E-state index in [0.717, 1.165) is 6.42 Å². The summed E-state index contributed by atoms with van der Waals surface area (Å²) < 4.78 is 35.5. The molecule has 2 nitrogen and oxygen atoms in total. The van der Waals surface area contributed by atoms with E-state index in [1.807, 2.05) is 13.8 Å². The fourth-order valence-electron chi connectivity index (χ4n) is 0.368. The maximum atomic E-state index is 10.5. The van der Waals surface area contributed by atoms with Gasteiger partial charge in [0.15, 0.2) is 0 Å². The van der Waals surface area contributed by atoms with Crippen molar-refractivity contribution < 1.29 is 22.7 Å². The number of hydrogen-bond acceptors (Lipinski definition) is 2. The van der Waals surface area contributed by atoms with E-state index in [1.165, 1.54) is 7.11 Å². The molecule has 0 saturated heterocycles. The zero-order valence-corrected chi connectivity index (χ0v) is 8.23. The summed E-state index contributed by atoms with van der Waals surface area (Å²) in [4.78, 5) is 10.5. The lowest BCUT2D eigenvalue weighted by molar-refractivity contribution is -0.144. The van der Waals surface area contributed by atoms with Gasteiger partial charge in [0, 0.05) is 6.92 Å². The molecule has 0 aliphatic rings. The molecule has 13 heavy (non-hydrogen) atoms. The van der Waals surface area contributed by atoms with Crippen molar-refractivity contribution in [3.63, 3.8) is 0 Å². The normalized spacial score (nSPS) is 12.5. The molecule has 0 bridgehead atoms. The number of methoxy groups -OCH3 is 1. The Morgan fingerprint density at radius 2 is 1.77 bits per heavy atom. The van der Waals surface area contributed by atoms with Crippen LogP contribution in [0.15, 0.2) is 0 Å². The molecule has 0 rings (SSSR count). The van der Waals surface area contributed by atoms with Gasteiger partial charge in [0.2, 0.25) is 0 Å². The zero-order chi connectivity index (χ0) is 11.1. The predicted molar refractivity (Wildman–Crippen MR) is 43.2 cm³/mol. The molecule has 0 fully saturated rings. The quantitative estimate of drug-likeness (QED) is 0.640. The van der Waals surface area contributed by atoms with E-state index in [-0.39, 0.29) is 18.8 Å². The molecular formula is C8H15F3O2. The fourth-order valence-corrected chi connectivity index (χ4v) is 0.368. The highest BCUT2D eigenvalue weighted by molar-refractivity contribution is 5.71. The van der Waals surface area contributed by atoms with Gasteiger partial charge in [0.25, 0.3) is 0 Å². The van der Waals surface area contributed by atoms with Crippen LogP contribution in [0.25, 0.3) is 0 Å². The summed E-state index contributed by atoms with van der Waals surface area (Å²) in [5.74, 6) is -0.0625. The van der Waals surface area contributed by atoms with Gasteiger partial charge in [-0.05, 0) is 6.42 Å². The van der Waals surface area contributed by atoms with Crippen LogP contribution in [-0.2, 0) is 9.53 Å². The van der Waals surface area contributed by atoms with E-state index in [9.17, 15) is 18.0 Å². The Morgan fingerprint density at radius 1 is 1.46 bits per heavy atom. The molecule has 0 saturated carbocycles. The summed E-state index contributed by atoms with van der Waals surface area (Å²) in [5.41, 5.74) is 0. The first-order valence-electron chi connectivity index (χ1n) is 3.86. The fraction of sp³-hybridized carbons (Fsp3) is 0.875. The Bertz CT molecular complexity index is 137. The molecule has 5 heteroatoms. The van der Waals surface area contributed by atoms with Gasteiger partial charge in [-0.2, -0.15) is 13.2 Å². The second kappa shape index (κ2) is 6.74. The Labute approximate surface area is 76.1 Å². The lowest BCUT2D eigenvalue weighted by Gasteiger charge is -2.02. The van der Waals surface area contributed by atoms with E-state index in [2.05, 4.69) is 4.74 Å². The number of carbonyl (C=O) groups excluding carboxylic acids is 1. The van der Waals surface area contributed by atoms with Crippen LogP contribution in [0, 0.1) is 5.92 Å². The minimum atomic E-state index is -4.00. The summed E-state index contributed by atoms with van der Waals surface area (Å²) in [6.07, 6.45) is -3.15. The summed E-state index contributed by atoms with van der Waals surface area (Å²) >= 11 is 0. The summed E-state index contributed by atoms with van der Waals surface area (Å²) in [6, 6.07) is 0. The molecule has 0 spiro atoms. The van der Waals surface area contributed by atoms with Gasteiger partial charge in [0.05, 0.1) is 13.0 Å². The molecule has 0 radical (unpaired) electrons. The van der Waals surface area contributed by atoms with Crippen LogP contribution in [0.5, 0.6) is 0 Å². The molecule has 80 valence electrons. The van der Waals surface area contributed by atoms with Gasteiger partial charge < -0.3 is 4.74 Å². The maximum absolute atomic E-state index is 10.5. The Kier molecular flexibility index (Phi) is 7.66. The maximum Gasteiger partial charge on any atom is 0.386 e. The summed E-state index contributed by atoms with van der Waals surface area (Å²) in [5, 5.41) is 0. The first-order chi connectivity index (χ1) is 5.72. The molecule has 0 aromatic rings. The number of hydrogen-bond donors (Lipinski definition) is 0. The molecular weight excluding hydrogens is 185 g/mol. The molecule has 0 aliphatic carbocycles. The summed E-state index contributed by atoms with van der Waals surface area (Å²) in [6.45, 7) is 4.00. The van der Waals surface area contributed by atoms with Crippen LogP contribution >= 0.6 is 0 Å². The monoisotopic (exact) mass is 200 g/mol. The van der Waals surface area contributed by atoms with E-state index >= 15 is 0 Å². The molecule has 0 aromatic carbocycles. The molecule has 0 heterocycles. The van der Waals surface area contributed by atoms with Gasteiger partial charge in [-0.3, -0.25) is 4.79 Å². The van der Waals surface area contributed by atoms with E-state index < -0.39 is 6.18 Å². The average molecular weight is 200 g/mol. The highest BCUT2D eigenvalue weighted by Gasteiger charge is 2.15. The molecule has 1 unspecified atom stereocenters. The smallest absolute Gasteiger partial charge is 0.386 e. The predicted octanol–water partition coefficient (Wildman–Crippen LogP) is 2.77. The molecule has 0 aromatic heterocycles. The van der Waals surface area contributed by atoms with E-state index in [4.69, 9.17) is 0 Å². The number of alkyl halides is 3. The van der Waals surface area contributed by atoms with Crippen molar-refractivity contribution >= 4 is 5.97 Å². The third kappa shape index (κ3) is 18.3. The van der Waals surface area contributed by atoms with Crippen molar-refractivity contribution in [1.29, 1.82) is 0 Å². The number of esters is 1.